The van der Waals surface area contributed by atoms with E-state index in [0.717, 1.165) is 34.8 Å². The van der Waals surface area contributed by atoms with Gasteiger partial charge in [-0.3, -0.25) is 4.98 Å². The number of hydrogen-bond donors (Lipinski definition) is 0. The van der Waals surface area contributed by atoms with Crippen molar-refractivity contribution in [1.82, 2.24) is 10.1 Å². The second-order valence-corrected chi connectivity index (χ2v) is 9.88. The van der Waals surface area contributed by atoms with Crippen LogP contribution in [0, 0.1) is 11.6 Å². The molecule has 0 N–H and O–H groups in total. The Balaban J connectivity index is 1.69. The lowest BCUT2D eigenvalue weighted by molar-refractivity contribution is 0.151. The molecule has 7 nitrogen and oxygen atoms in total. The van der Waals surface area contributed by atoms with E-state index in [1.54, 1.807) is 18.3 Å². The standard InChI is InChI=1S/C26H17F4N3O4S/c1-36-24-12-21(17-8-18(26(29)30)10-19(27)9-17)22(28)13-23(24)33(25-5-7-37-32-25)38(34,35)20-3-2-16-14-31-6-4-15(16)11-20/h2-14,26H,1H3. The number of benzene rings is 3. The number of alkyl halides is 2. The largest absolute Gasteiger partial charge is 0.495 e. The molecular formula is C26H17F4N3O4S. The lowest BCUT2D eigenvalue weighted by atomic mass is 10.0. The fourth-order valence-corrected chi connectivity index (χ4v) is 5.46. The average Bonchev–Trinajstić information content (AvgIpc) is 3.42. The van der Waals surface area contributed by atoms with E-state index in [1.165, 1.54) is 31.5 Å². The van der Waals surface area contributed by atoms with Crippen LogP contribution in [0.2, 0.25) is 0 Å². The first-order valence-electron chi connectivity index (χ1n) is 10.9. The zero-order valence-corrected chi connectivity index (χ0v) is 20.3. The predicted molar refractivity (Wildman–Crippen MR) is 131 cm³/mol. The number of halogens is 4. The van der Waals surface area contributed by atoms with Crippen molar-refractivity contribution in [3.05, 3.63) is 96.5 Å². The van der Waals surface area contributed by atoms with E-state index < -0.39 is 33.6 Å². The molecule has 0 aliphatic rings. The third kappa shape index (κ3) is 4.54. The van der Waals surface area contributed by atoms with E-state index in [4.69, 9.17) is 9.26 Å². The van der Waals surface area contributed by atoms with Gasteiger partial charge in [0.15, 0.2) is 5.82 Å². The van der Waals surface area contributed by atoms with E-state index in [2.05, 4.69) is 10.1 Å². The van der Waals surface area contributed by atoms with Crippen LogP contribution in [0.4, 0.5) is 29.1 Å². The van der Waals surface area contributed by atoms with E-state index in [0.29, 0.717) is 16.8 Å². The maximum Gasteiger partial charge on any atom is 0.270 e. The lowest BCUT2D eigenvalue weighted by Gasteiger charge is -2.24. The topological polar surface area (TPSA) is 85.5 Å². The van der Waals surface area contributed by atoms with Crippen LogP contribution in [0.3, 0.4) is 0 Å². The fourth-order valence-electron chi connectivity index (χ4n) is 3.99. The normalized spacial score (nSPS) is 11.7. The van der Waals surface area contributed by atoms with Crippen LogP contribution in [-0.4, -0.2) is 25.7 Å². The zero-order valence-electron chi connectivity index (χ0n) is 19.5. The highest BCUT2D eigenvalue weighted by Crippen LogP contribution is 2.42. The number of fused-ring (bicyclic) bond motifs is 1. The number of methoxy groups -OCH3 is 1. The highest BCUT2D eigenvalue weighted by atomic mass is 32.2. The van der Waals surface area contributed by atoms with Crippen molar-refractivity contribution in [3.63, 3.8) is 0 Å². The van der Waals surface area contributed by atoms with Crippen LogP contribution in [0.15, 0.2) is 88.7 Å². The van der Waals surface area contributed by atoms with Crippen LogP contribution < -0.4 is 9.04 Å². The zero-order chi connectivity index (χ0) is 27.0. The van der Waals surface area contributed by atoms with Crippen molar-refractivity contribution in [2.75, 3.05) is 11.4 Å². The number of aromatic nitrogens is 2. The summed E-state index contributed by atoms with van der Waals surface area (Å²) in [6.45, 7) is 0. The Hall–Kier alpha value is -4.45. The quantitative estimate of drug-likeness (QED) is 0.214. The molecule has 0 spiro atoms. The summed E-state index contributed by atoms with van der Waals surface area (Å²) in [5, 5.41) is 5.02. The Morgan fingerprint density at radius 1 is 0.974 bits per heavy atom. The van der Waals surface area contributed by atoms with Gasteiger partial charge in [0.05, 0.1) is 12.0 Å². The van der Waals surface area contributed by atoms with Gasteiger partial charge in [0, 0.05) is 41.0 Å². The van der Waals surface area contributed by atoms with Gasteiger partial charge in [-0.25, -0.2) is 30.3 Å². The summed E-state index contributed by atoms with van der Waals surface area (Å²) in [7, 11) is -3.22. The van der Waals surface area contributed by atoms with E-state index in [9.17, 15) is 21.6 Å². The molecule has 0 saturated heterocycles. The van der Waals surface area contributed by atoms with Crippen LogP contribution >= 0.6 is 0 Å². The molecule has 0 aliphatic heterocycles. The number of ether oxygens (including phenoxy) is 1. The lowest BCUT2D eigenvalue weighted by Crippen LogP contribution is -2.27. The molecule has 0 atom stereocenters. The molecule has 12 heteroatoms. The highest BCUT2D eigenvalue weighted by Gasteiger charge is 2.32. The molecule has 5 rings (SSSR count). The predicted octanol–water partition coefficient (Wildman–Crippen LogP) is 6.64. The van der Waals surface area contributed by atoms with E-state index in [1.807, 2.05) is 0 Å². The number of pyridine rings is 1. The van der Waals surface area contributed by atoms with Gasteiger partial charge >= 0.3 is 0 Å². The van der Waals surface area contributed by atoms with Gasteiger partial charge in [0.1, 0.15) is 29.3 Å². The second-order valence-electron chi connectivity index (χ2n) is 8.09. The van der Waals surface area contributed by atoms with Crippen molar-refractivity contribution >= 4 is 32.3 Å². The number of anilines is 2. The maximum atomic E-state index is 15.5. The van der Waals surface area contributed by atoms with Crippen LogP contribution in [0.25, 0.3) is 21.9 Å². The number of hydrogen-bond acceptors (Lipinski definition) is 6. The van der Waals surface area contributed by atoms with Gasteiger partial charge < -0.3 is 9.26 Å². The maximum absolute atomic E-state index is 15.5. The minimum absolute atomic E-state index is 0.141. The van der Waals surface area contributed by atoms with Crippen molar-refractivity contribution < 1.29 is 35.2 Å². The summed E-state index contributed by atoms with van der Waals surface area (Å²) in [4.78, 5) is 3.87. The molecule has 2 aromatic heterocycles. The SMILES string of the molecule is COc1cc(-c2cc(F)cc(C(F)F)c2)c(F)cc1N(c1ccon1)S(=O)(=O)c1ccc2cnccc2c1. The van der Waals surface area contributed by atoms with Gasteiger partial charge in [-0.1, -0.05) is 11.2 Å². The van der Waals surface area contributed by atoms with Gasteiger partial charge in [-0.2, -0.15) is 0 Å². The summed E-state index contributed by atoms with van der Waals surface area (Å²) < 4.78 is 94.7. The molecule has 3 aromatic carbocycles. The van der Waals surface area contributed by atoms with Crippen LogP contribution in [0.5, 0.6) is 5.75 Å². The first-order valence-corrected chi connectivity index (χ1v) is 12.4. The molecule has 5 aromatic rings. The second kappa shape index (κ2) is 9.78. The van der Waals surface area contributed by atoms with E-state index in [-0.39, 0.29) is 33.3 Å². The molecule has 0 unspecified atom stereocenters. The molecule has 0 radical (unpaired) electrons. The molecule has 38 heavy (non-hydrogen) atoms. The molecule has 0 fully saturated rings. The Labute approximate surface area is 213 Å². The molecule has 0 aliphatic carbocycles. The minimum Gasteiger partial charge on any atom is -0.495 e. The van der Waals surface area contributed by atoms with Crippen LogP contribution in [-0.2, 0) is 10.0 Å². The smallest absolute Gasteiger partial charge is 0.270 e. The Morgan fingerprint density at radius 3 is 2.50 bits per heavy atom. The highest BCUT2D eigenvalue weighted by molar-refractivity contribution is 7.93. The molecule has 0 amide bonds. The van der Waals surface area contributed by atoms with Crippen molar-refractivity contribution in [3.8, 4) is 16.9 Å². The number of nitrogens with zero attached hydrogens (tertiary/aromatic N) is 3. The molecule has 194 valence electrons. The third-order valence-electron chi connectivity index (χ3n) is 5.75. The summed E-state index contributed by atoms with van der Waals surface area (Å²) in [6, 6.07) is 11.7. The van der Waals surface area contributed by atoms with Crippen molar-refractivity contribution in [2.45, 2.75) is 11.3 Å². The summed E-state index contributed by atoms with van der Waals surface area (Å²) >= 11 is 0. The summed E-state index contributed by atoms with van der Waals surface area (Å²) in [6.07, 6.45) is 1.24. The number of rotatable bonds is 7. The van der Waals surface area contributed by atoms with Crippen molar-refractivity contribution in [2.24, 2.45) is 0 Å². The molecule has 0 bridgehead atoms. The summed E-state index contributed by atoms with van der Waals surface area (Å²) in [5.41, 5.74) is -1.37. The molecular weight excluding hydrogens is 526 g/mol. The fraction of sp³-hybridized carbons (Fsp3) is 0.0769. The van der Waals surface area contributed by atoms with Gasteiger partial charge in [0.2, 0.25) is 0 Å². The average molecular weight is 543 g/mol. The van der Waals surface area contributed by atoms with Crippen LogP contribution in [0.1, 0.15) is 12.0 Å². The third-order valence-corrected chi connectivity index (χ3v) is 7.47. The van der Waals surface area contributed by atoms with Gasteiger partial charge in [-0.15, -0.1) is 0 Å². The first kappa shape index (κ1) is 25.2. The first-order chi connectivity index (χ1) is 18.2. The molecule has 0 saturated carbocycles. The van der Waals surface area contributed by atoms with Crippen molar-refractivity contribution in [1.29, 1.82) is 0 Å². The molecule has 2 heterocycles. The Bertz CT molecular complexity index is 1750. The Kier molecular flexibility index (Phi) is 6.49. The Morgan fingerprint density at radius 2 is 1.79 bits per heavy atom. The number of sulfonamides is 1. The van der Waals surface area contributed by atoms with Gasteiger partial charge in [0.25, 0.3) is 16.4 Å². The summed E-state index contributed by atoms with van der Waals surface area (Å²) in [5.74, 6) is -2.35. The van der Waals surface area contributed by atoms with E-state index >= 15 is 4.39 Å². The van der Waals surface area contributed by atoms with Gasteiger partial charge in [-0.05, 0) is 53.4 Å². The minimum atomic E-state index is -4.44. The monoisotopic (exact) mass is 543 g/mol.